The molecule has 2 atom stereocenters. The summed E-state index contributed by atoms with van der Waals surface area (Å²) in [5, 5.41) is 2.15. The molecule has 2 rings (SSSR count). The second-order valence-corrected chi connectivity index (χ2v) is 5.28. The smallest absolute Gasteiger partial charge is 0.0441 e. The number of nitrogens with zero attached hydrogens (tertiary/aromatic N) is 2. The molecule has 0 saturated carbocycles. The molecule has 0 saturated heterocycles. The van der Waals surface area contributed by atoms with Crippen molar-refractivity contribution in [2.24, 2.45) is 0 Å². The van der Waals surface area contributed by atoms with Crippen LogP contribution in [0.3, 0.4) is 0 Å². The molecule has 0 aromatic carbocycles. The molecule has 0 fully saturated rings. The quantitative estimate of drug-likeness (QED) is 0.789. The Morgan fingerprint density at radius 3 is 2.47 bits per heavy atom. The molecule has 2 unspecified atom stereocenters. The van der Waals surface area contributed by atoms with Crippen LogP contribution in [-0.2, 0) is 0 Å². The molecule has 2 aromatic rings. The summed E-state index contributed by atoms with van der Waals surface area (Å²) in [5.41, 5.74) is 2.71. The first-order chi connectivity index (χ1) is 8.27. The van der Waals surface area contributed by atoms with E-state index in [9.17, 15) is 0 Å². The summed E-state index contributed by atoms with van der Waals surface area (Å²) < 4.78 is 4.16. The van der Waals surface area contributed by atoms with E-state index in [0.29, 0.717) is 11.8 Å². The van der Waals surface area contributed by atoms with E-state index >= 15 is 0 Å². The van der Waals surface area contributed by atoms with Gasteiger partial charge in [-0.2, -0.15) is 0 Å². The number of pyridine rings is 1. The molecule has 2 nitrogen and oxygen atoms in total. The maximum Gasteiger partial charge on any atom is 0.0441 e. The summed E-state index contributed by atoms with van der Waals surface area (Å²) in [6, 6.07) is 4.17. The molecule has 90 valence electrons. The Labute approximate surface area is 107 Å². The van der Waals surface area contributed by atoms with Crippen LogP contribution in [0.25, 0.3) is 0 Å². The van der Waals surface area contributed by atoms with Gasteiger partial charge in [-0.05, 0) is 53.4 Å². The van der Waals surface area contributed by atoms with Crippen molar-refractivity contribution in [1.29, 1.82) is 0 Å². The first kappa shape index (κ1) is 12.2. The van der Waals surface area contributed by atoms with Crippen molar-refractivity contribution in [1.82, 2.24) is 9.36 Å². The average molecular weight is 246 g/mol. The van der Waals surface area contributed by atoms with Crippen LogP contribution in [0.5, 0.6) is 0 Å². The molecule has 0 aliphatic rings. The summed E-state index contributed by atoms with van der Waals surface area (Å²) in [6.45, 7) is 4.55. The van der Waals surface area contributed by atoms with Gasteiger partial charge < -0.3 is 0 Å². The van der Waals surface area contributed by atoms with Crippen LogP contribution in [0, 0.1) is 0 Å². The van der Waals surface area contributed by atoms with Gasteiger partial charge in [-0.15, -0.1) is 0 Å². The van der Waals surface area contributed by atoms with Gasteiger partial charge in [0.15, 0.2) is 0 Å². The van der Waals surface area contributed by atoms with Gasteiger partial charge in [-0.3, -0.25) is 4.98 Å². The molecule has 0 aliphatic heterocycles. The number of rotatable bonds is 5. The molecular formula is C14H18N2S. The van der Waals surface area contributed by atoms with E-state index in [1.54, 1.807) is 0 Å². The molecular weight excluding hydrogens is 228 g/mol. The van der Waals surface area contributed by atoms with E-state index in [0.717, 1.165) is 0 Å². The van der Waals surface area contributed by atoms with Gasteiger partial charge in [0.05, 0.1) is 0 Å². The fourth-order valence-corrected chi connectivity index (χ4v) is 2.62. The molecule has 0 spiro atoms. The lowest BCUT2D eigenvalue weighted by Gasteiger charge is -2.14. The van der Waals surface area contributed by atoms with E-state index in [4.69, 9.17) is 0 Å². The highest BCUT2D eigenvalue weighted by Gasteiger charge is 2.10. The molecule has 17 heavy (non-hydrogen) atoms. The van der Waals surface area contributed by atoms with Crippen LogP contribution in [0.1, 0.15) is 49.7 Å². The summed E-state index contributed by atoms with van der Waals surface area (Å²) in [5.74, 6) is 1.19. The monoisotopic (exact) mass is 246 g/mol. The summed E-state index contributed by atoms with van der Waals surface area (Å²) >= 11 is 1.54. The minimum absolute atomic E-state index is 0.581. The fraction of sp³-hybridized carbons (Fsp3) is 0.429. The topological polar surface area (TPSA) is 25.8 Å². The Hall–Kier alpha value is -1.22. The van der Waals surface area contributed by atoms with Crippen molar-refractivity contribution in [3.8, 4) is 0 Å². The lowest BCUT2D eigenvalue weighted by Crippen LogP contribution is -1.98. The number of hydrogen-bond acceptors (Lipinski definition) is 3. The van der Waals surface area contributed by atoms with Gasteiger partial charge in [0.25, 0.3) is 0 Å². The van der Waals surface area contributed by atoms with Gasteiger partial charge in [0, 0.05) is 24.0 Å². The lowest BCUT2D eigenvalue weighted by molar-refractivity contribution is 0.573. The second-order valence-electron chi connectivity index (χ2n) is 4.62. The summed E-state index contributed by atoms with van der Waals surface area (Å²) in [6.07, 6.45) is 8.19. The lowest BCUT2D eigenvalue weighted by atomic mass is 9.91. The van der Waals surface area contributed by atoms with Crippen molar-refractivity contribution in [2.75, 3.05) is 0 Å². The Bertz CT molecular complexity index is 425. The fourth-order valence-electron chi connectivity index (χ4n) is 1.96. The largest absolute Gasteiger partial charge is 0.264 e. The zero-order valence-corrected chi connectivity index (χ0v) is 11.2. The predicted octanol–water partition coefficient (Wildman–Crippen LogP) is 4.23. The van der Waals surface area contributed by atoms with E-state index in [2.05, 4.69) is 34.7 Å². The molecule has 0 radical (unpaired) electrons. The van der Waals surface area contributed by atoms with Crippen molar-refractivity contribution in [3.63, 3.8) is 0 Å². The third-order valence-electron chi connectivity index (χ3n) is 3.31. The minimum atomic E-state index is 0.581. The standard InChI is InChI=1S/C14H18N2S/c1-11(13-4-3-7-15-8-13)5-6-12(2)14-9-16-17-10-14/h3-4,7-12H,5-6H2,1-2H3. The highest BCUT2D eigenvalue weighted by atomic mass is 32.1. The highest BCUT2D eigenvalue weighted by Crippen LogP contribution is 2.27. The predicted molar refractivity (Wildman–Crippen MR) is 72.4 cm³/mol. The van der Waals surface area contributed by atoms with Crippen molar-refractivity contribution < 1.29 is 0 Å². The molecule has 2 aromatic heterocycles. The van der Waals surface area contributed by atoms with E-state index in [1.807, 2.05) is 24.7 Å². The average Bonchev–Trinajstić information content (AvgIpc) is 2.90. The van der Waals surface area contributed by atoms with Gasteiger partial charge in [0.2, 0.25) is 0 Å². The van der Waals surface area contributed by atoms with Gasteiger partial charge in [-0.1, -0.05) is 19.9 Å². The normalized spacial score (nSPS) is 14.5. The minimum Gasteiger partial charge on any atom is -0.264 e. The summed E-state index contributed by atoms with van der Waals surface area (Å²) in [7, 11) is 0. The van der Waals surface area contributed by atoms with Gasteiger partial charge >= 0.3 is 0 Å². The highest BCUT2D eigenvalue weighted by molar-refractivity contribution is 7.03. The van der Waals surface area contributed by atoms with Gasteiger partial charge in [0.1, 0.15) is 0 Å². The molecule has 0 N–H and O–H groups in total. The molecule has 0 aliphatic carbocycles. The van der Waals surface area contributed by atoms with Gasteiger partial charge in [-0.25, -0.2) is 4.37 Å². The maximum absolute atomic E-state index is 4.17. The van der Waals surface area contributed by atoms with E-state index < -0.39 is 0 Å². The molecule has 0 amide bonds. The Kier molecular flexibility index (Phi) is 4.26. The van der Waals surface area contributed by atoms with Crippen LogP contribution in [-0.4, -0.2) is 9.36 Å². The zero-order valence-electron chi connectivity index (χ0n) is 10.3. The van der Waals surface area contributed by atoms with Crippen molar-refractivity contribution in [2.45, 2.75) is 38.5 Å². The molecule has 3 heteroatoms. The number of aromatic nitrogens is 2. The van der Waals surface area contributed by atoms with Crippen LogP contribution < -0.4 is 0 Å². The Morgan fingerprint density at radius 2 is 1.88 bits per heavy atom. The van der Waals surface area contributed by atoms with Crippen LogP contribution in [0.15, 0.2) is 36.1 Å². The van der Waals surface area contributed by atoms with Crippen LogP contribution in [0.2, 0.25) is 0 Å². The van der Waals surface area contributed by atoms with Crippen molar-refractivity contribution >= 4 is 11.5 Å². The third-order valence-corrected chi connectivity index (χ3v) is 3.91. The Balaban J connectivity index is 1.86. The van der Waals surface area contributed by atoms with Crippen LogP contribution >= 0.6 is 11.5 Å². The first-order valence-corrected chi connectivity index (χ1v) is 6.90. The third kappa shape index (κ3) is 3.37. The van der Waals surface area contributed by atoms with Crippen molar-refractivity contribution in [3.05, 3.63) is 47.2 Å². The van der Waals surface area contributed by atoms with E-state index in [-0.39, 0.29) is 0 Å². The summed E-state index contributed by atoms with van der Waals surface area (Å²) in [4.78, 5) is 4.17. The second kappa shape index (κ2) is 5.92. The zero-order chi connectivity index (χ0) is 12.1. The SMILES string of the molecule is CC(CCC(C)c1cnsc1)c1cccnc1. The first-order valence-electron chi connectivity index (χ1n) is 6.06. The Morgan fingerprint density at radius 1 is 1.12 bits per heavy atom. The molecule has 2 heterocycles. The number of hydrogen-bond donors (Lipinski definition) is 0. The van der Waals surface area contributed by atoms with E-state index in [1.165, 1.54) is 35.5 Å². The van der Waals surface area contributed by atoms with Crippen LogP contribution in [0.4, 0.5) is 0 Å². The maximum atomic E-state index is 4.17. The molecule has 0 bridgehead atoms.